The predicted molar refractivity (Wildman–Crippen MR) is 178 cm³/mol. The molecule has 0 spiro atoms. The minimum atomic E-state index is -3.84. The van der Waals surface area contributed by atoms with Crippen molar-refractivity contribution < 1.29 is 17.7 Å². The summed E-state index contributed by atoms with van der Waals surface area (Å²) >= 11 is 1.51. The minimum Gasteiger partial charge on any atom is -0.381 e. The second-order valence-corrected chi connectivity index (χ2v) is 15.8. The molecular weight excluding hydrogens is 637 g/mol. The third-order valence-corrected chi connectivity index (χ3v) is 13.4. The fourth-order valence-corrected chi connectivity index (χ4v) is 11.2. The highest BCUT2D eigenvalue weighted by Crippen LogP contribution is 2.53. The lowest BCUT2D eigenvalue weighted by atomic mass is 9.91. The first-order chi connectivity index (χ1) is 23.0. The van der Waals surface area contributed by atoms with E-state index in [1.807, 2.05) is 24.4 Å². The lowest BCUT2D eigenvalue weighted by Gasteiger charge is -2.23. The molecule has 13 heteroatoms. The van der Waals surface area contributed by atoms with Crippen LogP contribution < -0.4 is 10.9 Å². The molecule has 5 aromatic heterocycles. The van der Waals surface area contributed by atoms with Gasteiger partial charge in [0.2, 0.25) is 10.0 Å². The third kappa shape index (κ3) is 4.85. The van der Waals surface area contributed by atoms with Gasteiger partial charge in [-0.3, -0.25) is 14.8 Å². The number of sulfonamides is 1. The first kappa shape index (κ1) is 29.2. The maximum absolute atomic E-state index is 14.3. The molecule has 4 aliphatic rings. The lowest BCUT2D eigenvalue weighted by molar-refractivity contribution is 0.0639. The third-order valence-electron chi connectivity index (χ3n) is 10.2. The number of rotatable bonds is 7. The fraction of sp³-hybridized carbons (Fsp3) is 0.412. The number of hydrogen-bond donors (Lipinski definition) is 2. The monoisotopic (exact) mass is 670 g/mol. The Balaban J connectivity index is 1.23. The molecule has 5 aromatic rings. The maximum atomic E-state index is 14.3. The molecular formula is C34H34N6O5S2. The van der Waals surface area contributed by atoms with Crippen LogP contribution in [0.5, 0.6) is 0 Å². The van der Waals surface area contributed by atoms with Crippen molar-refractivity contribution >= 4 is 37.3 Å². The van der Waals surface area contributed by atoms with Crippen LogP contribution in [0.25, 0.3) is 31.9 Å². The number of thiophene rings is 1. The largest absolute Gasteiger partial charge is 0.381 e. The average Bonchev–Trinajstić information content (AvgIpc) is 3.92. The minimum absolute atomic E-state index is 0.0848. The van der Waals surface area contributed by atoms with Gasteiger partial charge in [-0.05, 0) is 86.4 Å². The molecule has 3 aliphatic heterocycles. The number of anilines is 1. The van der Waals surface area contributed by atoms with Crippen LogP contribution in [0.15, 0.2) is 56.9 Å². The zero-order valence-electron chi connectivity index (χ0n) is 25.7. The number of hydrogen-bond acceptors (Lipinski definition) is 10. The van der Waals surface area contributed by atoms with E-state index in [1.54, 1.807) is 10.5 Å². The van der Waals surface area contributed by atoms with Gasteiger partial charge in [-0.25, -0.2) is 13.4 Å². The Hall–Kier alpha value is -3.91. The summed E-state index contributed by atoms with van der Waals surface area (Å²) in [6, 6.07) is 9.29. The van der Waals surface area contributed by atoms with Crippen LogP contribution in [0.1, 0.15) is 73.3 Å². The van der Waals surface area contributed by atoms with E-state index in [-0.39, 0.29) is 22.5 Å². The number of aromatic nitrogens is 4. The molecule has 9 rings (SSSR count). The predicted octanol–water partition coefficient (Wildman–Crippen LogP) is 6.00. The van der Waals surface area contributed by atoms with Gasteiger partial charge >= 0.3 is 0 Å². The van der Waals surface area contributed by atoms with E-state index in [2.05, 4.69) is 21.5 Å². The standard InChI is InChI=1S/C34H34N6O5S2/c41-28-18-26(45-39-28)29-24(6-5-19-10-15-44-16-11-19)37-31-25-4-2-14-40(25)47(42,43)33(31)30(29)27-17-20-9-13-36-34(32(20)46-27)38-23-8-7-22-21(23)3-1-12-35-22/h1,3,9,12-13,17-19,23,25H,2,4-8,10-11,14-16H2,(H,36,38)(H,39,41)/t23-,25-/m0/s1. The van der Waals surface area contributed by atoms with Crippen LogP contribution in [0.4, 0.5) is 5.82 Å². The highest BCUT2D eigenvalue weighted by molar-refractivity contribution is 7.89. The van der Waals surface area contributed by atoms with Crippen molar-refractivity contribution in [1.82, 2.24) is 24.4 Å². The fourth-order valence-electron chi connectivity index (χ4n) is 7.93. The molecule has 0 saturated carbocycles. The number of nitrogens with zero attached hydrogens (tertiary/aromatic N) is 4. The number of aromatic amines is 1. The molecule has 1 aliphatic carbocycles. The molecule has 0 radical (unpaired) electrons. The van der Waals surface area contributed by atoms with Gasteiger partial charge in [-0.2, -0.15) is 9.46 Å². The zero-order chi connectivity index (χ0) is 31.7. The molecule has 0 bridgehead atoms. The lowest BCUT2D eigenvalue weighted by Crippen LogP contribution is -2.23. The van der Waals surface area contributed by atoms with Crippen molar-refractivity contribution in [3.8, 4) is 21.8 Å². The Morgan fingerprint density at radius 1 is 1.06 bits per heavy atom. The van der Waals surface area contributed by atoms with E-state index in [4.69, 9.17) is 19.2 Å². The van der Waals surface area contributed by atoms with E-state index in [0.29, 0.717) is 41.5 Å². The SMILES string of the molecule is O=c1cc(-c2c(CCC3CCOCC3)nc3c(c2-c2cc4ccnc(N[C@H]5CCc6ncccc65)c4s2)S(=O)(=O)N2CCC[C@@H]32)o[nH]1. The van der Waals surface area contributed by atoms with Gasteiger partial charge < -0.3 is 14.6 Å². The molecule has 11 nitrogen and oxygen atoms in total. The van der Waals surface area contributed by atoms with Gasteiger partial charge in [-0.15, -0.1) is 11.3 Å². The average molecular weight is 671 g/mol. The first-order valence-electron chi connectivity index (χ1n) is 16.4. The van der Waals surface area contributed by atoms with E-state index in [1.165, 1.54) is 23.0 Å². The Morgan fingerprint density at radius 2 is 1.96 bits per heavy atom. The molecule has 0 amide bonds. The smallest absolute Gasteiger partial charge is 0.280 e. The van der Waals surface area contributed by atoms with Gasteiger partial charge in [0.15, 0.2) is 5.76 Å². The second kappa shape index (κ2) is 11.4. The Labute approximate surface area is 275 Å². The molecule has 47 heavy (non-hydrogen) atoms. The number of ether oxygens (including phenoxy) is 1. The van der Waals surface area contributed by atoms with Crippen LogP contribution in [0.3, 0.4) is 0 Å². The molecule has 0 aromatic carbocycles. The summed E-state index contributed by atoms with van der Waals surface area (Å²) in [6.45, 7) is 1.96. The topological polar surface area (TPSA) is 143 Å². The number of pyridine rings is 3. The summed E-state index contributed by atoms with van der Waals surface area (Å²) in [4.78, 5) is 27.9. The van der Waals surface area contributed by atoms with Crippen molar-refractivity contribution in [2.45, 2.75) is 68.3 Å². The quantitative estimate of drug-likeness (QED) is 0.213. The van der Waals surface area contributed by atoms with Crippen molar-refractivity contribution in [2.24, 2.45) is 5.92 Å². The summed E-state index contributed by atoms with van der Waals surface area (Å²) in [6.07, 6.45) is 10.5. The molecule has 2 N–H and O–H groups in total. The van der Waals surface area contributed by atoms with Crippen molar-refractivity contribution in [2.75, 3.05) is 25.1 Å². The van der Waals surface area contributed by atoms with Crippen LogP contribution in [-0.2, 0) is 27.6 Å². The summed E-state index contributed by atoms with van der Waals surface area (Å²) in [5, 5.41) is 7.06. The zero-order valence-corrected chi connectivity index (χ0v) is 27.3. The van der Waals surface area contributed by atoms with Crippen LogP contribution in [-0.4, -0.2) is 52.6 Å². The Bertz CT molecular complexity index is 2180. The van der Waals surface area contributed by atoms with Crippen molar-refractivity contribution in [1.29, 1.82) is 0 Å². The molecule has 8 heterocycles. The highest BCUT2D eigenvalue weighted by atomic mass is 32.2. The van der Waals surface area contributed by atoms with Crippen LogP contribution in [0.2, 0.25) is 0 Å². The number of H-pyrrole nitrogens is 1. The summed E-state index contributed by atoms with van der Waals surface area (Å²) < 4.78 is 42.6. The van der Waals surface area contributed by atoms with Gasteiger partial charge in [0.05, 0.1) is 39.8 Å². The first-order valence-corrected chi connectivity index (χ1v) is 18.7. The van der Waals surface area contributed by atoms with E-state index >= 15 is 0 Å². The number of aryl methyl sites for hydroxylation is 2. The van der Waals surface area contributed by atoms with E-state index in [0.717, 1.165) is 90.3 Å². The molecule has 2 atom stereocenters. The normalized spacial score (nSPS) is 22.0. The second-order valence-electron chi connectivity index (χ2n) is 12.9. The maximum Gasteiger partial charge on any atom is 0.280 e. The highest BCUT2D eigenvalue weighted by Gasteiger charge is 2.49. The van der Waals surface area contributed by atoms with E-state index < -0.39 is 10.0 Å². The van der Waals surface area contributed by atoms with Crippen LogP contribution >= 0.6 is 11.3 Å². The van der Waals surface area contributed by atoms with Crippen molar-refractivity contribution in [3.05, 3.63) is 75.7 Å². The van der Waals surface area contributed by atoms with Gasteiger partial charge in [0.1, 0.15) is 10.7 Å². The van der Waals surface area contributed by atoms with Gasteiger partial charge in [0.25, 0.3) is 5.56 Å². The summed E-state index contributed by atoms with van der Waals surface area (Å²) in [7, 11) is -3.84. The Morgan fingerprint density at radius 3 is 2.81 bits per heavy atom. The molecule has 0 unspecified atom stereocenters. The molecule has 2 saturated heterocycles. The number of nitrogens with one attached hydrogen (secondary N) is 2. The summed E-state index contributed by atoms with van der Waals surface area (Å²) in [5.74, 6) is 1.54. The van der Waals surface area contributed by atoms with E-state index in [9.17, 15) is 13.2 Å². The van der Waals surface area contributed by atoms with Crippen LogP contribution in [0, 0.1) is 5.92 Å². The Kier molecular flexibility index (Phi) is 7.07. The van der Waals surface area contributed by atoms with Gasteiger partial charge in [0, 0.05) is 48.3 Å². The molecule has 2 fully saturated rings. The molecule has 242 valence electrons. The summed E-state index contributed by atoms with van der Waals surface area (Å²) in [5.41, 5.74) is 4.42. The number of fused-ring (bicyclic) bond motifs is 5. The van der Waals surface area contributed by atoms with Crippen molar-refractivity contribution in [3.63, 3.8) is 0 Å². The van der Waals surface area contributed by atoms with Gasteiger partial charge in [-0.1, -0.05) is 6.07 Å².